The quantitative estimate of drug-likeness (QED) is 0.899. The Balaban J connectivity index is 2.26. The lowest BCUT2D eigenvalue weighted by atomic mass is 10.2. The molecule has 0 fully saturated rings. The number of halogens is 1. The summed E-state index contributed by atoms with van der Waals surface area (Å²) in [5.74, 6) is -0.488. The fourth-order valence-electron chi connectivity index (χ4n) is 2.53. The minimum Gasteiger partial charge on any atom is -0.346 e. The van der Waals surface area contributed by atoms with E-state index in [1.165, 1.54) is 12.1 Å². The normalized spacial score (nSPS) is 10.9. The van der Waals surface area contributed by atoms with Crippen molar-refractivity contribution >= 4 is 11.6 Å². The van der Waals surface area contributed by atoms with Gasteiger partial charge in [0, 0.05) is 23.1 Å². The number of carbonyl (C=O) groups is 1. The van der Waals surface area contributed by atoms with Crippen molar-refractivity contribution in [2.24, 2.45) is 0 Å². The number of carbonyl (C=O) groups excluding carboxylic acids is 1. The summed E-state index contributed by atoms with van der Waals surface area (Å²) in [6.45, 7) is 8.09. The molecule has 0 saturated heterocycles. The zero-order chi connectivity index (χ0) is 14.9. The second-order valence-corrected chi connectivity index (χ2v) is 5.21. The Labute approximate surface area is 118 Å². The molecular weight excluding hydrogens is 255 g/mol. The van der Waals surface area contributed by atoms with Crippen LogP contribution in [0.3, 0.4) is 0 Å². The topological polar surface area (TPSA) is 34.0 Å². The van der Waals surface area contributed by atoms with Crippen molar-refractivity contribution in [2.45, 2.75) is 33.7 Å². The lowest BCUT2D eigenvalue weighted by Gasteiger charge is -2.13. The van der Waals surface area contributed by atoms with E-state index in [1.54, 1.807) is 12.1 Å². The number of benzene rings is 1. The Morgan fingerprint density at radius 3 is 2.30 bits per heavy atom. The van der Waals surface area contributed by atoms with E-state index in [-0.39, 0.29) is 11.7 Å². The molecule has 20 heavy (non-hydrogen) atoms. The van der Waals surface area contributed by atoms with E-state index >= 15 is 0 Å². The monoisotopic (exact) mass is 274 g/mol. The summed E-state index contributed by atoms with van der Waals surface area (Å²) in [5.41, 5.74) is 3.24. The van der Waals surface area contributed by atoms with Crippen molar-refractivity contribution in [1.82, 2.24) is 4.57 Å². The zero-order valence-electron chi connectivity index (χ0n) is 12.2. The SMILES string of the molecule is Cc1cc(C(=O)Nc2ccc(F)cc2)c(C)n1C(C)C. The lowest BCUT2D eigenvalue weighted by molar-refractivity contribution is 0.102. The van der Waals surface area contributed by atoms with Gasteiger partial charge in [0.1, 0.15) is 5.82 Å². The fourth-order valence-corrected chi connectivity index (χ4v) is 2.53. The summed E-state index contributed by atoms with van der Waals surface area (Å²) in [5, 5.41) is 2.79. The standard InChI is InChI=1S/C16H19FN2O/c1-10(2)19-11(3)9-15(12(19)4)16(20)18-14-7-5-13(17)6-8-14/h5-10H,1-4H3,(H,18,20). The van der Waals surface area contributed by atoms with Gasteiger partial charge in [-0.05, 0) is 58.0 Å². The number of hydrogen-bond acceptors (Lipinski definition) is 1. The van der Waals surface area contributed by atoms with E-state index in [4.69, 9.17) is 0 Å². The van der Waals surface area contributed by atoms with Crippen LogP contribution in [-0.2, 0) is 0 Å². The highest BCUT2D eigenvalue weighted by atomic mass is 19.1. The first-order valence-electron chi connectivity index (χ1n) is 6.65. The Kier molecular flexibility index (Phi) is 3.93. The van der Waals surface area contributed by atoms with E-state index in [2.05, 4.69) is 23.7 Å². The number of nitrogens with one attached hydrogen (secondary N) is 1. The van der Waals surface area contributed by atoms with Crippen LogP contribution in [0.25, 0.3) is 0 Å². The zero-order valence-corrected chi connectivity index (χ0v) is 12.2. The summed E-state index contributed by atoms with van der Waals surface area (Å²) in [7, 11) is 0. The van der Waals surface area contributed by atoms with Gasteiger partial charge >= 0.3 is 0 Å². The first kappa shape index (κ1) is 14.3. The molecule has 1 N–H and O–H groups in total. The Bertz CT molecular complexity index is 627. The molecule has 0 bridgehead atoms. The molecule has 3 nitrogen and oxygen atoms in total. The third-order valence-corrected chi connectivity index (χ3v) is 3.35. The number of amides is 1. The molecule has 0 spiro atoms. The van der Waals surface area contributed by atoms with E-state index < -0.39 is 0 Å². The third-order valence-electron chi connectivity index (χ3n) is 3.35. The molecule has 0 aliphatic heterocycles. The minimum absolute atomic E-state index is 0.170. The molecule has 0 radical (unpaired) electrons. The highest BCUT2D eigenvalue weighted by Gasteiger charge is 2.17. The van der Waals surface area contributed by atoms with Gasteiger partial charge in [0.25, 0.3) is 5.91 Å². The second kappa shape index (κ2) is 5.49. The summed E-state index contributed by atoms with van der Waals surface area (Å²) in [4.78, 5) is 12.3. The molecular formula is C16H19FN2O. The first-order chi connectivity index (χ1) is 9.40. The second-order valence-electron chi connectivity index (χ2n) is 5.21. The van der Waals surface area contributed by atoms with Gasteiger partial charge in [-0.2, -0.15) is 0 Å². The van der Waals surface area contributed by atoms with Crippen LogP contribution in [0.1, 0.15) is 41.6 Å². The van der Waals surface area contributed by atoms with Gasteiger partial charge in [-0.1, -0.05) is 0 Å². The molecule has 0 unspecified atom stereocenters. The average Bonchev–Trinajstić information content (AvgIpc) is 2.67. The van der Waals surface area contributed by atoms with Crippen LogP contribution >= 0.6 is 0 Å². The minimum atomic E-state index is -0.319. The number of anilines is 1. The van der Waals surface area contributed by atoms with Crippen LogP contribution in [-0.4, -0.2) is 10.5 Å². The summed E-state index contributed by atoms with van der Waals surface area (Å²) in [6, 6.07) is 7.94. The lowest BCUT2D eigenvalue weighted by Crippen LogP contribution is -2.13. The van der Waals surface area contributed by atoms with Crippen LogP contribution in [0.2, 0.25) is 0 Å². The molecule has 1 amide bonds. The van der Waals surface area contributed by atoms with Gasteiger partial charge in [0.05, 0.1) is 5.56 Å². The molecule has 4 heteroatoms. The number of aryl methyl sites for hydroxylation is 1. The van der Waals surface area contributed by atoms with E-state index in [9.17, 15) is 9.18 Å². The molecule has 2 rings (SSSR count). The maximum Gasteiger partial charge on any atom is 0.257 e. The van der Waals surface area contributed by atoms with Crippen molar-refractivity contribution in [3.8, 4) is 0 Å². The van der Waals surface area contributed by atoms with Crippen LogP contribution in [0.5, 0.6) is 0 Å². The molecule has 106 valence electrons. The van der Waals surface area contributed by atoms with Crippen LogP contribution < -0.4 is 5.32 Å². The Morgan fingerprint density at radius 1 is 1.20 bits per heavy atom. The first-order valence-corrected chi connectivity index (χ1v) is 6.65. The van der Waals surface area contributed by atoms with Gasteiger partial charge in [-0.3, -0.25) is 4.79 Å². The maximum atomic E-state index is 12.8. The molecule has 2 aromatic rings. The van der Waals surface area contributed by atoms with E-state index in [1.807, 2.05) is 19.9 Å². The Hall–Kier alpha value is -2.10. The predicted molar refractivity (Wildman–Crippen MR) is 78.6 cm³/mol. The molecule has 0 saturated carbocycles. The number of nitrogens with zero attached hydrogens (tertiary/aromatic N) is 1. The van der Waals surface area contributed by atoms with Crippen molar-refractivity contribution in [3.05, 3.63) is 53.1 Å². The average molecular weight is 274 g/mol. The summed E-state index contributed by atoms with van der Waals surface area (Å²) in [6.07, 6.45) is 0. The van der Waals surface area contributed by atoms with Gasteiger partial charge in [0.2, 0.25) is 0 Å². The van der Waals surface area contributed by atoms with E-state index in [0.29, 0.717) is 17.3 Å². The van der Waals surface area contributed by atoms with E-state index in [0.717, 1.165) is 11.4 Å². The highest BCUT2D eigenvalue weighted by molar-refractivity contribution is 6.05. The van der Waals surface area contributed by atoms with Crippen LogP contribution in [0.15, 0.2) is 30.3 Å². The van der Waals surface area contributed by atoms with Gasteiger partial charge in [-0.25, -0.2) is 4.39 Å². The highest BCUT2D eigenvalue weighted by Crippen LogP contribution is 2.21. The summed E-state index contributed by atoms with van der Waals surface area (Å²) >= 11 is 0. The van der Waals surface area contributed by atoms with Gasteiger partial charge < -0.3 is 9.88 Å². The molecule has 1 heterocycles. The van der Waals surface area contributed by atoms with Gasteiger partial charge in [0.15, 0.2) is 0 Å². The smallest absolute Gasteiger partial charge is 0.257 e. The van der Waals surface area contributed by atoms with Crippen LogP contribution in [0, 0.1) is 19.7 Å². The number of hydrogen-bond donors (Lipinski definition) is 1. The molecule has 0 atom stereocenters. The summed E-state index contributed by atoms with van der Waals surface area (Å²) < 4.78 is 15.0. The predicted octanol–water partition coefficient (Wildman–Crippen LogP) is 4.08. The van der Waals surface area contributed by atoms with Crippen molar-refractivity contribution in [2.75, 3.05) is 5.32 Å². The number of rotatable bonds is 3. The van der Waals surface area contributed by atoms with Crippen molar-refractivity contribution in [3.63, 3.8) is 0 Å². The Morgan fingerprint density at radius 2 is 1.80 bits per heavy atom. The molecule has 1 aromatic heterocycles. The maximum absolute atomic E-state index is 12.8. The largest absolute Gasteiger partial charge is 0.346 e. The molecule has 0 aliphatic rings. The third kappa shape index (κ3) is 2.74. The van der Waals surface area contributed by atoms with Crippen molar-refractivity contribution in [1.29, 1.82) is 0 Å². The molecule has 0 aliphatic carbocycles. The van der Waals surface area contributed by atoms with Gasteiger partial charge in [-0.15, -0.1) is 0 Å². The fraction of sp³-hybridized carbons (Fsp3) is 0.312. The number of aromatic nitrogens is 1. The molecule has 1 aromatic carbocycles. The van der Waals surface area contributed by atoms with Crippen LogP contribution in [0.4, 0.5) is 10.1 Å². The van der Waals surface area contributed by atoms with Crippen molar-refractivity contribution < 1.29 is 9.18 Å².